The molecule has 2 fully saturated rings. The number of pyridine rings is 1. The summed E-state index contributed by atoms with van der Waals surface area (Å²) < 4.78 is 0. The number of anilines is 2. The Labute approximate surface area is 171 Å². The van der Waals surface area contributed by atoms with Crippen LogP contribution in [0.15, 0.2) is 48.7 Å². The summed E-state index contributed by atoms with van der Waals surface area (Å²) in [5.74, 6) is 1.07. The van der Waals surface area contributed by atoms with Crippen molar-refractivity contribution in [2.45, 2.75) is 50.0 Å². The fourth-order valence-corrected chi connectivity index (χ4v) is 6.42. The quantitative estimate of drug-likeness (QED) is 0.542. The minimum absolute atomic E-state index is 0.263. The normalized spacial score (nSPS) is 27.9. The van der Waals surface area contributed by atoms with Gasteiger partial charge in [-0.1, -0.05) is 31.0 Å². The van der Waals surface area contributed by atoms with Crippen molar-refractivity contribution in [3.8, 4) is 5.75 Å². The molecule has 4 nitrogen and oxygen atoms in total. The predicted octanol–water partition coefficient (Wildman–Crippen LogP) is 5.03. The Bertz CT molecular complexity index is 1090. The second kappa shape index (κ2) is 6.46. The van der Waals surface area contributed by atoms with Crippen LogP contribution in [0, 0.1) is 5.92 Å². The molecular formula is C25H27N3O. The number of aromatic nitrogens is 1. The van der Waals surface area contributed by atoms with Crippen LogP contribution in [-0.4, -0.2) is 22.7 Å². The first-order chi connectivity index (χ1) is 14.2. The molecule has 2 aliphatic carbocycles. The van der Waals surface area contributed by atoms with Crippen LogP contribution in [-0.2, 0) is 11.8 Å². The van der Waals surface area contributed by atoms with Gasteiger partial charge in [-0.25, -0.2) is 0 Å². The van der Waals surface area contributed by atoms with Crippen molar-refractivity contribution in [2.24, 2.45) is 5.92 Å². The van der Waals surface area contributed by atoms with Crippen LogP contribution in [0.5, 0.6) is 5.75 Å². The van der Waals surface area contributed by atoms with E-state index in [1.165, 1.54) is 43.2 Å². The molecule has 0 unspecified atom stereocenters. The molecule has 2 bridgehead atoms. The molecule has 1 saturated carbocycles. The maximum atomic E-state index is 11.0. The number of aromatic hydroxyl groups is 1. The molecule has 1 aliphatic heterocycles. The smallest absolute Gasteiger partial charge is 0.139 e. The van der Waals surface area contributed by atoms with Crippen LogP contribution in [0.2, 0.25) is 0 Å². The number of phenolic OH excluding ortho intramolecular Hbond substituents is 1. The molecule has 6 rings (SSSR count). The van der Waals surface area contributed by atoms with E-state index in [2.05, 4.69) is 39.9 Å². The van der Waals surface area contributed by atoms with E-state index in [9.17, 15) is 5.11 Å². The summed E-state index contributed by atoms with van der Waals surface area (Å²) >= 11 is 0. The minimum atomic E-state index is 0.263. The monoisotopic (exact) mass is 385 g/mol. The van der Waals surface area contributed by atoms with Crippen molar-refractivity contribution in [1.82, 2.24) is 10.3 Å². The first-order valence-electron chi connectivity index (χ1n) is 11.0. The molecule has 3 aliphatic rings. The van der Waals surface area contributed by atoms with E-state index < -0.39 is 0 Å². The van der Waals surface area contributed by atoms with Crippen molar-refractivity contribution in [3.63, 3.8) is 0 Å². The lowest BCUT2D eigenvalue weighted by molar-refractivity contribution is 0.0796. The lowest BCUT2D eigenvalue weighted by atomic mass is 9.53. The molecule has 2 aromatic carbocycles. The van der Waals surface area contributed by atoms with Gasteiger partial charge in [0.25, 0.3) is 0 Å². The fourth-order valence-electron chi connectivity index (χ4n) is 6.42. The predicted molar refractivity (Wildman–Crippen MR) is 117 cm³/mol. The Hall–Kier alpha value is -2.59. The highest BCUT2D eigenvalue weighted by molar-refractivity contribution is 5.92. The third kappa shape index (κ3) is 2.58. The molecule has 0 amide bonds. The number of fused-ring (bicyclic) bond motifs is 2. The summed E-state index contributed by atoms with van der Waals surface area (Å²) in [4.78, 5) is 4.54. The number of nitrogens with one attached hydrogen (secondary N) is 2. The van der Waals surface area contributed by atoms with Crippen molar-refractivity contribution < 1.29 is 5.11 Å². The Morgan fingerprint density at radius 1 is 1.07 bits per heavy atom. The van der Waals surface area contributed by atoms with Gasteiger partial charge in [0.2, 0.25) is 0 Å². The van der Waals surface area contributed by atoms with Crippen molar-refractivity contribution in [2.75, 3.05) is 11.9 Å². The van der Waals surface area contributed by atoms with Gasteiger partial charge in [-0.05, 0) is 73.5 Å². The van der Waals surface area contributed by atoms with E-state index in [0.29, 0.717) is 11.8 Å². The van der Waals surface area contributed by atoms with Gasteiger partial charge in [0.1, 0.15) is 5.75 Å². The lowest BCUT2D eigenvalue weighted by Crippen LogP contribution is -2.59. The second-order valence-electron chi connectivity index (χ2n) is 9.06. The number of hydrogen-bond donors (Lipinski definition) is 3. The maximum absolute atomic E-state index is 11.0. The summed E-state index contributed by atoms with van der Waals surface area (Å²) in [6.45, 7) is 1.10. The Morgan fingerprint density at radius 2 is 2.00 bits per heavy atom. The highest BCUT2D eigenvalue weighted by atomic mass is 16.3. The summed E-state index contributed by atoms with van der Waals surface area (Å²) in [6, 6.07) is 15.0. The Balaban J connectivity index is 1.44. The van der Waals surface area contributed by atoms with E-state index in [-0.39, 0.29) is 5.41 Å². The molecule has 0 radical (unpaired) electrons. The van der Waals surface area contributed by atoms with Gasteiger partial charge in [-0.2, -0.15) is 0 Å². The van der Waals surface area contributed by atoms with E-state index in [4.69, 9.17) is 0 Å². The average molecular weight is 386 g/mol. The molecule has 3 aromatic rings. The Morgan fingerprint density at radius 3 is 2.97 bits per heavy atom. The van der Waals surface area contributed by atoms with Crippen LogP contribution in [0.25, 0.3) is 10.9 Å². The number of para-hydroxylation sites is 1. The molecule has 1 saturated heterocycles. The zero-order valence-electron chi connectivity index (χ0n) is 16.6. The zero-order chi connectivity index (χ0) is 19.4. The molecule has 29 heavy (non-hydrogen) atoms. The van der Waals surface area contributed by atoms with Crippen LogP contribution in [0.4, 0.5) is 11.4 Å². The number of rotatable bonds is 2. The SMILES string of the molecule is Oc1cc2c(cc1Nc1cccc3cccnc13)C[C@@H]1NCC[C@]23CCCC[C@H]13. The van der Waals surface area contributed by atoms with Crippen molar-refractivity contribution >= 4 is 22.3 Å². The Kier molecular flexibility index (Phi) is 3.85. The first-order valence-corrected chi connectivity index (χ1v) is 11.0. The molecule has 2 heterocycles. The van der Waals surface area contributed by atoms with Gasteiger partial charge in [0.15, 0.2) is 0 Å². The lowest BCUT2D eigenvalue weighted by Gasteiger charge is -2.56. The molecule has 0 spiro atoms. The highest BCUT2D eigenvalue weighted by Gasteiger charge is 2.51. The van der Waals surface area contributed by atoms with E-state index in [1.54, 1.807) is 0 Å². The highest BCUT2D eigenvalue weighted by Crippen LogP contribution is 2.55. The number of phenols is 1. The molecule has 4 heteroatoms. The van der Waals surface area contributed by atoms with Crippen LogP contribution < -0.4 is 10.6 Å². The average Bonchev–Trinajstić information content (AvgIpc) is 2.75. The van der Waals surface area contributed by atoms with Gasteiger partial charge < -0.3 is 15.7 Å². The third-order valence-electron chi connectivity index (χ3n) is 7.66. The second-order valence-corrected chi connectivity index (χ2v) is 9.06. The van der Waals surface area contributed by atoms with Gasteiger partial charge in [0, 0.05) is 23.0 Å². The number of piperidine rings is 1. The van der Waals surface area contributed by atoms with Crippen LogP contribution in [0.3, 0.4) is 0 Å². The molecule has 3 N–H and O–H groups in total. The number of nitrogens with zero attached hydrogens (tertiary/aromatic N) is 1. The van der Waals surface area contributed by atoms with Gasteiger partial charge >= 0.3 is 0 Å². The first kappa shape index (κ1) is 17.3. The topological polar surface area (TPSA) is 57.2 Å². The number of hydrogen-bond acceptors (Lipinski definition) is 4. The van der Waals surface area contributed by atoms with Crippen LogP contribution >= 0.6 is 0 Å². The van der Waals surface area contributed by atoms with E-state index in [1.807, 2.05) is 24.4 Å². The summed E-state index contributed by atoms with van der Waals surface area (Å²) in [5.41, 5.74) is 5.72. The summed E-state index contributed by atoms with van der Waals surface area (Å²) in [6.07, 6.45) is 9.31. The number of benzene rings is 2. The molecule has 3 atom stereocenters. The maximum Gasteiger partial charge on any atom is 0.139 e. The van der Waals surface area contributed by atoms with Crippen molar-refractivity contribution in [1.29, 1.82) is 0 Å². The van der Waals surface area contributed by atoms with Crippen LogP contribution in [0.1, 0.15) is 43.2 Å². The van der Waals surface area contributed by atoms with Gasteiger partial charge in [-0.3, -0.25) is 4.98 Å². The van der Waals surface area contributed by atoms with E-state index in [0.717, 1.165) is 41.2 Å². The molecular weight excluding hydrogens is 358 g/mol. The minimum Gasteiger partial charge on any atom is -0.506 e. The van der Waals surface area contributed by atoms with Gasteiger partial charge in [-0.15, -0.1) is 0 Å². The molecule has 148 valence electrons. The van der Waals surface area contributed by atoms with Crippen molar-refractivity contribution in [3.05, 3.63) is 59.8 Å². The summed E-state index contributed by atoms with van der Waals surface area (Å²) in [7, 11) is 0. The van der Waals surface area contributed by atoms with Gasteiger partial charge in [0.05, 0.1) is 16.9 Å². The standard InChI is InChI=1S/C25H27N3O/c29-23-15-19-17(13-21-18-7-1-2-9-25(18,19)10-12-26-21)14-22(23)28-20-8-3-5-16-6-4-11-27-24(16)20/h3-6,8,11,14-15,18,21,26,28-29H,1-2,7,9-10,12-13H2/t18-,21+,25+/m1/s1. The zero-order valence-corrected chi connectivity index (χ0v) is 16.6. The van der Waals surface area contributed by atoms with E-state index >= 15 is 0 Å². The fraction of sp³-hybridized carbons (Fsp3) is 0.400. The third-order valence-corrected chi connectivity index (χ3v) is 7.66. The largest absolute Gasteiger partial charge is 0.506 e. The summed E-state index contributed by atoms with van der Waals surface area (Å²) in [5, 5.41) is 19.3. The molecule has 1 aromatic heterocycles.